The lowest BCUT2D eigenvalue weighted by Crippen LogP contribution is -2.35. The molecule has 0 atom stereocenters. The van der Waals surface area contributed by atoms with Crippen molar-refractivity contribution < 1.29 is 28.6 Å². The lowest BCUT2D eigenvalue weighted by molar-refractivity contribution is 0.0587. The lowest BCUT2D eigenvalue weighted by Gasteiger charge is -2.22. The molecule has 0 aliphatic carbocycles. The van der Waals surface area contributed by atoms with Crippen LogP contribution < -0.4 is 10.6 Å². The molecule has 0 bridgehead atoms. The molecule has 136 valence electrons. The summed E-state index contributed by atoms with van der Waals surface area (Å²) in [5, 5.41) is 5.37. The summed E-state index contributed by atoms with van der Waals surface area (Å²) >= 11 is 0. The first-order chi connectivity index (χ1) is 12.0. The summed E-state index contributed by atoms with van der Waals surface area (Å²) in [4.78, 5) is 35.7. The average Bonchev–Trinajstić information content (AvgIpc) is 2.65. The van der Waals surface area contributed by atoms with Crippen molar-refractivity contribution in [1.82, 2.24) is 5.32 Å². The highest BCUT2D eigenvalue weighted by molar-refractivity contribution is 6.03. The highest BCUT2D eigenvalue weighted by Crippen LogP contribution is 2.20. The normalized spacial score (nSPS) is 14.5. The van der Waals surface area contributed by atoms with E-state index >= 15 is 0 Å². The minimum atomic E-state index is -0.615. The first kappa shape index (κ1) is 18.7. The third kappa shape index (κ3) is 5.18. The highest BCUT2D eigenvalue weighted by atomic mass is 16.5. The number of rotatable bonds is 5. The van der Waals surface area contributed by atoms with E-state index in [0.717, 1.165) is 12.8 Å². The molecule has 2 N–H and O–H groups in total. The van der Waals surface area contributed by atoms with Crippen LogP contribution in [0.2, 0.25) is 0 Å². The molecule has 0 radical (unpaired) electrons. The molecule has 8 nitrogen and oxygen atoms in total. The SMILES string of the molecule is COC(=O)c1ccc(C(=O)OC)c(NC(=O)NCC2CCOCC2)c1. The number of methoxy groups -OCH3 is 2. The molecule has 0 unspecified atom stereocenters. The Morgan fingerprint density at radius 3 is 2.44 bits per heavy atom. The Bertz CT molecular complexity index is 640. The molecular formula is C17H22N2O6. The predicted molar refractivity (Wildman–Crippen MR) is 89.7 cm³/mol. The molecular weight excluding hydrogens is 328 g/mol. The number of ether oxygens (including phenoxy) is 3. The van der Waals surface area contributed by atoms with E-state index in [-0.39, 0.29) is 16.8 Å². The summed E-state index contributed by atoms with van der Waals surface area (Å²) < 4.78 is 14.6. The van der Waals surface area contributed by atoms with Crippen molar-refractivity contribution in [1.29, 1.82) is 0 Å². The maximum absolute atomic E-state index is 12.1. The fourth-order valence-electron chi connectivity index (χ4n) is 2.53. The van der Waals surface area contributed by atoms with Gasteiger partial charge in [-0.2, -0.15) is 0 Å². The average molecular weight is 350 g/mol. The van der Waals surface area contributed by atoms with Crippen molar-refractivity contribution in [2.45, 2.75) is 12.8 Å². The number of hydrogen-bond donors (Lipinski definition) is 2. The van der Waals surface area contributed by atoms with Gasteiger partial charge in [-0.25, -0.2) is 14.4 Å². The van der Waals surface area contributed by atoms with E-state index in [2.05, 4.69) is 15.4 Å². The van der Waals surface area contributed by atoms with Gasteiger partial charge >= 0.3 is 18.0 Å². The standard InChI is InChI=1S/C17H22N2O6/c1-23-15(20)12-3-4-13(16(21)24-2)14(9-12)19-17(22)18-10-11-5-7-25-8-6-11/h3-4,9,11H,5-8,10H2,1-2H3,(H2,18,19,22). The van der Waals surface area contributed by atoms with Gasteiger partial charge in [-0.1, -0.05) is 0 Å². The van der Waals surface area contributed by atoms with E-state index in [1.54, 1.807) is 0 Å². The molecule has 25 heavy (non-hydrogen) atoms. The molecule has 1 aliphatic heterocycles. The van der Waals surface area contributed by atoms with Crippen LogP contribution in [0.1, 0.15) is 33.6 Å². The van der Waals surface area contributed by atoms with Gasteiger partial charge < -0.3 is 24.8 Å². The second-order valence-corrected chi connectivity index (χ2v) is 5.63. The van der Waals surface area contributed by atoms with Gasteiger partial charge in [0.25, 0.3) is 0 Å². The minimum Gasteiger partial charge on any atom is -0.465 e. The Hall–Kier alpha value is -2.61. The number of anilines is 1. The Kier molecular flexibility index (Phi) is 6.76. The smallest absolute Gasteiger partial charge is 0.339 e. The Balaban J connectivity index is 2.07. The second kappa shape index (κ2) is 9.03. The molecule has 1 aromatic rings. The van der Waals surface area contributed by atoms with Gasteiger partial charge in [0.1, 0.15) is 0 Å². The van der Waals surface area contributed by atoms with E-state index in [9.17, 15) is 14.4 Å². The molecule has 1 saturated heterocycles. The Labute approximate surface area is 145 Å². The van der Waals surface area contributed by atoms with Crippen LogP contribution in [0, 0.1) is 5.92 Å². The van der Waals surface area contributed by atoms with Crippen molar-refractivity contribution in [3.63, 3.8) is 0 Å². The maximum atomic E-state index is 12.1. The highest BCUT2D eigenvalue weighted by Gasteiger charge is 2.18. The number of esters is 2. The van der Waals surface area contributed by atoms with Crippen LogP contribution in [0.3, 0.4) is 0 Å². The summed E-state index contributed by atoms with van der Waals surface area (Å²) in [6, 6.07) is 3.76. The number of benzene rings is 1. The third-order valence-corrected chi connectivity index (χ3v) is 3.99. The van der Waals surface area contributed by atoms with Gasteiger partial charge in [0.2, 0.25) is 0 Å². The molecule has 0 saturated carbocycles. The van der Waals surface area contributed by atoms with Crippen LogP contribution in [-0.4, -0.2) is 51.9 Å². The van der Waals surface area contributed by atoms with Gasteiger partial charge in [-0.05, 0) is 37.0 Å². The molecule has 1 aliphatic rings. The minimum absolute atomic E-state index is 0.149. The van der Waals surface area contributed by atoms with Gasteiger partial charge in [0.15, 0.2) is 0 Å². The Morgan fingerprint density at radius 1 is 1.12 bits per heavy atom. The van der Waals surface area contributed by atoms with Crippen molar-refractivity contribution in [3.8, 4) is 0 Å². The zero-order valence-corrected chi connectivity index (χ0v) is 14.3. The van der Waals surface area contributed by atoms with Crippen LogP contribution in [0.4, 0.5) is 10.5 Å². The summed E-state index contributed by atoms with van der Waals surface area (Å²) in [6.45, 7) is 1.91. The molecule has 0 spiro atoms. The number of hydrogen-bond acceptors (Lipinski definition) is 6. The number of carbonyl (C=O) groups excluding carboxylic acids is 3. The number of carbonyl (C=O) groups is 3. The maximum Gasteiger partial charge on any atom is 0.339 e. The largest absolute Gasteiger partial charge is 0.465 e. The first-order valence-electron chi connectivity index (χ1n) is 7.98. The van der Waals surface area contributed by atoms with Crippen LogP contribution in [0.25, 0.3) is 0 Å². The summed E-state index contributed by atoms with van der Waals surface area (Å²) in [5.74, 6) is -0.820. The monoisotopic (exact) mass is 350 g/mol. The van der Waals surface area contributed by atoms with E-state index in [4.69, 9.17) is 9.47 Å². The molecule has 1 fully saturated rings. The number of amides is 2. The summed E-state index contributed by atoms with van der Waals surface area (Å²) in [7, 11) is 2.50. The van der Waals surface area contributed by atoms with Crippen LogP contribution in [0.15, 0.2) is 18.2 Å². The fraction of sp³-hybridized carbons (Fsp3) is 0.471. The second-order valence-electron chi connectivity index (χ2n) is 5.63. The summed E-state index contributed by atoms with van der Waals surface area (Å²) in [6.07, 6.45) is 1.79. The molecule has 1 aromatic carbocycles. The van der Waals surface area contributed by atoms with Crippen LogP contribution >= 0.6 is 0 Å². The van der Waals surface area contributed by atoms with Gasteiger partial charge in [0, 0.05) is 19.8 Å². The first-order valence-corrected chi connectivity index (χ1v) is 7.98. The van der Waals surface area contributed by atoms with Gasteiger partial charge in [-0.3, -0.25) is 0 Å². The van der Waals surface area contributed by atoms with Gasteiger partial charge in [0.05, 0.1) is 31.0 Å². The van der Waals surface area contributed by atoms with E-state index in [1.165, 1.54) is 32.4 Å². The topological polar surface area (TPSA) is 103 Å². The zero-order valence-electron chi connectivity index (χ0n) is 14.3. The van der Waals surface area contributed by atoms with Crippen molar-refractivity contribution in [2.24, 2.45) is 5.92 Å². The van der Waals surface area contributed by atoms with Crippen molar-refractivity contribution in [3.05, 3.63) is 29.3 Å². The predicted octanol–water partition coefficient (Wildman–Crippen LogP) is 1.81. The molecule has 1 heterocycles. The zero-order chi connectivity index (χ0) is 18.2. The van der Waals surface area contributed by atoms with Crippen molar-refractivity contribution in [2.75, 3.05) is 39.3 Å². The van der Waals surface area contributed by atoms with Crippen molar-refractivity contribution >= 4 is 23.7 Å². The number of nitrogens with one attached hydrogen (secondary N) is 2. The number of urea groups is 1. The third-order valence-electron chi connectivity index (χ3n) is 3.99. The molecule has 2 rings (SSSR count). The summed E-state index contributed by atoms with van der Waals surface area (Å²) in [5.41, 5.74) is 0.547. The van der Waals surface area contributed by atoms with Crippen LogP contribution in [-0.2, 0) is 14.2 Å². The van der Waals surface area contributed by atoms with Crippen LogP contribution in [0.5, 0.6) is 0 Å². The quantitative estimate of drug-likeness (QED) is 0.785. The fourth-order valence-corrected chi connectivity index (χ4v) is 2.53. The van der Waals surface area contributed by atoms with E-state index < -0.39 is 18.0 Å². The Morgan fingerprint density at radius 2 is 1.80 bits per heavy atom. The molecule has 0 aromatic heterocycles. The lowest BCUT2D eigenvalue weighted by atomic mass is 10.0. The molecule has 2 amide bonds. The van der Waals surface area contributed by atoms with E-state index in [0.29, 0.717) is 25.7 Å². The van der Waals surface area contributed by atoms with E-state index in [1.807, 2.05) is 0 Å². The van der Waals surface area contributed by atoms with Gasteiger partial charge in [-0.15, -0.1) is 0 Å². The molecule has 8 heteroatoms.